The van der Waals surface area contributed by atoms with Gasteiger partial charge < -0.3 is 11.3 Å². The van der Waals surface area contributed by atoms with E-state index in [1.165, 1.54) is 0 Å². The predicted molar refractivity (Wildman–Crippen MR) is 85.1 cm³/mol. The van der Waals surface area contributed by atoms with Crippen molar-refractivity contribution in [2.75, 3.05) is 13.1 Å². The predicted octanol–water partition coefficient (Wildman–Crippen LogP) is 0.502. The molecular weight excluding hydrogens is 301 g/mol. The molecule has 23 heavy (non-hydrogen) atoms. The number of carboxylic acid groups (broad SMARTS) is 1. The van der Waals surface area contributed by atoms with Gasteiger partial charge in [-0.05, 0) is 42.8 Å². The number of para-hydroxylation sites is 1. The zero-order valence-electron chi connectivity index (χ0n) is 14.3. The first-order chi connectivity index (χ1) is 10.7. The Kier molecular flexibility index (Phi) is 6.66. The van der Waals surface area contributed by atoms with E-state index in [1.54, 1.807) is 0 Å². The molecule has 1 fully saturated rings. The minimum atomic E-state index is -0.691. The molecule has 0 amide bonds. The fourth-order valence-electron chi connectivity index (χ4n) is 2.77. The van der Waals surface area contributed by atoms with Crippen molar-refractivity contribution >= 4 is 5.97 Å². The normalized spacial score (nSPS) is 17.5. The van der Waals surface area contributed by atoms with Crippen LogP contribution in [0, 0.1) is 5.92 Å². The van der Waals surface area contributed by atoms with Crippen molar-refractivity contribution in [2.24, 2.45) is 5.92 Å². The Morgan fingerprint density at radius 2 is 1.91 bits per heavy atom. The Labute approximate surface area is 159 Å². The van der Waals surface area contributed by atoms with E-state index in [0.717, 1.165) is 36.6 Å². The maximum Gasteiger partial charge on any atom is 1.00 e. The smallest absolute Gasteiger partial charge is 1.00 e. The number of hydrogen-bond donors (Lipinski definition) is 1. The van der Waals surface area contributed by atoms with E-state index in [2.05, 4.69) is 4.90 Å². The van der Waals surface area contributed by atoms with Crippen LogP contribution in [0.25, 0.3) is 0 Å². The van der Waals surface area contributed by atoms with Gasteiger partial charge in [0.2, 0.25) is 0 Å². The summed E-state index contributed by atoms with van der Waals surface area (Å²) < 4.78 is 5.83. The zero-order valence-corrected chi connectivity index (χ0v) is 15.3. The van der Waals surface area contributed by atoms with Gasteiger partial charge in [-0.15, -0.1) is 0 Å². The summed E-state index contributed by atoms with van der Waals surface area (Å²) in [7, 11) is 0. The van der Waals surface area contributed by atoms with Crippen LogP contribution in [0.1, 0.15) is 13.4 Å². The van der Waals surface area contributed by atoms with Crippen LogP contribution in [0.3, 0.4) is 0 Å². The number of nitrogens with zero attached hydrogens (tertiary/aromatic N) is 1. The van der Waals surface area contributed by atoms with Gasteiger partial charge in [0.15, 0.2) is 0 Å². The van der Waals surface area contributed by atoms with E-state index >= 15 is 0 Å². The topological polar surface area (TPSA) is 49.8 Å². The van der Waals surface area contributed by atoms with Gasteiger partial charge in [-0.1, -0.05) is 30.3 Å². The first kappa shape index (κ1) is 18.0. The number of benzene rings is 2. The Bertz CT molecular complexity index is 654. The zero-order chi connectivity index (χ0) is 15.4. The Hall–Kier alpha value is -1.33. The van der Waals surface area contributed by atoms with Gasteiger partial charge in [-0.25, -0.2) is 0 Å². The molecule has 1 aliphatic rings. The second-order valence-electron chi connectivity index (χ2n) is 5.62. The first-order valence-electron chi connectivity index (χ1n) is 7.48. The molecule has 0 aliphatic carbocycles. The van der Waals surface area contributed by atoms with Crippen molar-refractivity contribution in [2.45, 2.75) is 13.0 Å². The molecular formula is C18H20NNaO3. The molecule has 0 bridgehead atoms. The summed E-state index contributed by atoms with van der Waals surface area (Å²) >= 11 is 0. The van der Waals surface area contributed by atoms with Gasteiger partial charge >= 0.3 is 35.5 Å². The van der Waals surface area contributed by atoms with Crippen LogP contribution in [-0.2, 0) is 11.3 Å². The van der Waals surface area contributed by atoms with Crippen LogP contribution in [0.2, 0.25) is 0 Å². The number of carbonyl (C=O) groups is 1. The van der Waals surface area contributed by atoms with Crippen LogP contribution >= 0.6 is 0 Å². The minimum Gasteiger partial charge on any atom is -1.00 e. The number of hydrogen-bond acceptors (Lipinski definition) is 3. The van der Waals surface area contributed by atoms with Gasteiger partial charge in [0, 0.05) is 13.1 Å². The van der Waals surface area contributed by atoms with Crippen molar-refractivity contribution in [3.63, 3.8) is 0 Å². The summed E-state index contributed by atoms with van der Waals surface area (Å²) in [6, 6.07) is 17.6. The van der Waals surface area contributed by atoms with Gasteiger partial charge in [0.25, 0.3) is 0 Å². The van der Waals surface area contributed by atoms with Crippen molar-refractivity contribution in [1.82, 2.24) is 4.90 Å². The maximum absolute atomic E-state index is 11.0. The summed E-state index contributed by atoms with van der Waals surface area (Å²) in [5, 5.41) is 9.06. The number of likely N-dealkylation sites (tertiary alicyclic amines) is 1. The van der Waals surface area contributed by atoms with E-state index in [-0.39, 0.29) is 36.9 Å². The molecule has 1 unspecified atom stereocenters. The van der Waals surface area contributed by atoms with Crippen molar-refractivity contribution in [1.29, 1.82) is 0 Å². The second-order valence-corrected chi connectivity index (χ2v) is 5.62. The SMILES string of the molecule is O=C(O)C1CCN(Cc2cccc(Oc3ccccc3)c2)C1.[H-].[Na+]. The molecule has 1 heterocycles. The standard InChI is InChI=1S/C18H19NO3.Na.H/c20-18(21)15-9-10-19(13-15)12-14-5-4-8-17(11-14)22-16-6-2-1-3-7-16;;/h1-8,11,15H,9-10,12-13H2,(H,20,21);;/q;+1;-1. The Morgan fingerprint density at radius 3 is 2.61 bits per heavy atom. The fourth-order valence-corrected chi connectivity index (χ4v) is 2.77. The molecule has 1 saturated heterocycles. The Balaban J connectivity index is 0.00000144. The summed E-state index contributed by atoms with van der Waals surface area (Å²) in [6.45, 7) is 2.22. The molecule has 5 heteroatoms. The minimum absolute atomic E-state index is 0. The number of aliphatic carboxylic acids is 1. The van der Waals surface area contributed by atoms with E-state index < -0.39 is 5.97 Å². The molecule has 1 atom stereocenters. The summed E-state index contributed by atoms with van der Waals surface area (Å²) in [4.78, 5) is 13.2. The van der Waals surface area contributed by atoms with Crippen LogP contribution < -0.4 is 34.3 Å². The molecule has 2 aromatic carbocycles. The van der Waals surface area contributed by atoms with E-state index in [0.29, 0.717) is 6.54 Å². The fraction of sp³-hybridized carbons (Fsp3) is 0.278. The first-order valence-corrected chi connectivity index (χ1v) is 7.48. The van der Waals surface area contributed by atoms with E-state index in [9.17, 15) is 4.79 Å². The largest absolute Gasteiger partial charge is 1.00 e. The van der Waals surface area contributed by atoms with Gasteiger partial charge in [-0.2, -0.15) is 0 Å². The Morgan fingerprint density at radius 1 is 1.17 bits per heavy atom. The number of ether oxygens (including phenoxy) is 1. The second kappa shape index (κ2) is 8.50. The number of carboxylic acids is 1. The number of rotatable bonds is 5. The summed E-state index contributed by atoms with van der Waals surface area (Å²) in [5.41, 5.74) is 1.14. The molecule has 0 radical (unpaired) electrons. The van der Waals surface area contributed by atoms with Gasteiger partial charge in [0.1, 0.15) is 11.5 Å². The van der Waals surface area contributed by atoms with Crippen LogP contribution in [-0.4, -0.2) is 29.1 Å². The molecule has 2 aromatic rings. The quantitative estimate of drug-likeness (QED) is 0.815. The molecule has 4 nitrogen and oxygen atoms in total. The average molecular weight is 321 g/mol. The molecule has 1 N–H and O–H groups in total. The van der Waals surface area contributed by atoms with Crippen LogP contribution in [0.5, 0.6) is 11.5 Å². The van der Waals surface area contributed by atoms with Crippen molar-refractivity contribution < 1.29 is 45.6 Å². The van der Waals surface area contributed by atoms with Crippen LogP contribution in [0.15, 0.2) is 54.6 Å². The van der Waals surface area contributed by atoms with Gasteiger partial charge in [-0.3, -0.25) is 9.69 Å². The maximum atomic E-state index is 11.0. The molecule has 0 saturated carbocycles. The monoisotopic (exact) mass is 321 g/mol. The van der Waals surface area contributed by atoms with Crippen molar-refractivity contribution in [3.8, 4) is 11.5 Å². The molecule has 116 valence electrons. The van der Waals surface area contributed by atoms with Crippen LogP contribution in [0.4, 0.5) is 0 Å². The van der Waals surface area contributed by atoms with E-state index in [1.807, 2.05) is 54.6 Å². The molecule has 3 rings (SSSR count). The van der Waals surface area contributed by atoms with Gasteiger partial charge in [0.05, 0.1) is 5.92 Å². The third-order valence-corrected chi connectivity index (χ3v) is 3.91. The average Bonchev–Trinajstić information content (AvgIpc) is 2.97. The molecule has 1 aliphatic heterocycles. The summed E-state index contributed by atoms with van der Waals surface area (Å²) in [6.07, 6.45) is 0.732. The third kappa shape index (κ3) is 5.08. The molecule has 0 spiro atoms. The van der Waals surface area contributed by atoms with E-state index in [4.69, 9.17) is 9.84 Å². The third-order valence-electron chi connectivity index (χ3n) is 3.91. The molecule has 0 aromatic heterocycles. The van der Waals surface area contributed by atoms with Crippen molar-refractivity contribution in [3.05, 3.63) is 60.2 Å². The summed E-state index contributed by atoms with van der Waals surface area (Å²) in [5.74, 6) is 0.692.